The van der Waals surface area contributed by atoms with Crippen molar-refractivity contribution in [3.05, 3.63) is 49.3 Å². The van der Waals surface area contributed by atoms with E-state index in [-0.39, 0.29) is 11.9 Å². The number of halogens is 3. The summed E-state index contributed by atoms with van der Waals surface area (Å²) in [4.78, 5) is 1.25. The average molecular weight is 349 g/mol. The van der Waals surface area contributed by atoms with Gasteiger partial charge in [-0.2, -0.15) is 0 Å². The zero-order valence-electron chi connectivity index (χ0n) is 9.93. The lowest BCUT2D eigenvalue weighted by Crippen LogP contribution is -2.07. The summed E-state index contributed by atoms with van der Waals surface area (Å²) in [5.74, 6) is -0.350. The predicted octanol–water partition coefficient (Wildman–Crippen LogP) is 5.78. The van der Waals surface area contributed by atoms with Crippen LogP contribution in [0.25, 0.3) is 0 Å². The Morgan fingerprint density at radius 1 is 1.44 bits per heavy atom. The van der Waals surface area contributed by atoms with Gasteiger partial charge < -0.3 is 5.32 Å². The quantitative estimate of drug-likeness (QED) is 0.741. The summed E-state index contributed by atoms with van der Waals surface area (Å²) in [6, 6.07) is 4.92. The molecule has 0 bridgehead atoms. The summed E-state index contributed by atoms with van der Waals surface area (Å²) in [6.45, 7) is 4.14. The lowest BCUT2D eigenvalue weighted by Gasteiger charge is -2.17. The number of anilines is 1. The van der Waals surface area contributed by atoms with Crippen molar-refractivity contribution in [2.75, 3.05) is 5.32 Å². The van der Waals surface area contributed by atoms with Crippen molar-refractivity contribution < 1.29 is 4.39 Å². The number of benzene rings is 1. The summed E-state index contributed by atoms with van der Waals surface area (Å²) >= 11 is 11.1. The van der Waals surface area contributed by atoms with Crippen LogP contribution < -0.4 is 5.32 Å². The van der Waals surface area contributed by atoms with E-state index in [0.29, 0.717) is 9.50 Å². The molecule has 2 rings (SSSR count). The van der Waals surface area contributed by atoms with E-state index >= 15 is 0 Å². The summed E-state index contributed by atoms with van der Waals surface area (Å²) < 4.78 is 13.8. The van der Waals surface area contributed by atoms with Crippen molar-refractivity contribution >= 4 is 44.6 Å². The highest BCUT2D eigenvalue weighted by atomic mass is 79.9. The molecule has 0 aliphatic heterocycles. The highest BCUT2D eigenvalue weighted by Crippen LogP contribution is 2.35. The van der Waals surface area contributed by atoms with Crippen LogP contribution >= 0.6 is 38.9 Å². The molecule has 0 saturated heterocycles. The second kappa shape index (κ2) is 5.59. The van der Waals surface area contributed by atoms with Crippen LogP contribution in [0.2, 0.25) is 5.02 Å². The largest absolute Gasteiger partial charge is 0.376 e. The van der Waals surface area contributed by atoms with Crippen LogP contribution in [0, 0.1) is 12.7 Å². The Bertz CT molecular complexity index is 547. The molecule has 2 aromatic rings. The van der Waals surface area contributed by atoms with Gasteiger partial charge in [-0.1, -0.05) is 11.6 Å². The van der Waals surface area contributed by atoms with Crippen LogP contribution in [0.3, 0.4) is 0 Å². The Balaban J connectivity index is 2.27. The topological polar surface area (TPSA) is 12.0 Å². The first-order valence-electron chi connectivity index (χ1n) is 5.44. The van der Waals surface area contributed by atoms with Gasteiger partial charge in [-0.15, -0.1) is 11.3 Å². The van der Waals surface area contributed by atoms with E-state index in [1.807, 2.05) is 0 Å². The first kappa shape index (κ1) is 13.8. The first-order valence-corrected chi connectivity index (χ1v) is 7.49. The van der Waals surface area contributed by atoms with Gasteiger partial charge in [0.05, 0.1) is 16.8 Å². The Labute approximate surface area is 123 Å². The Hall–Kier alpha value is -0.580. The maximum absolute atomic E-state index is 13.1. The van der Waals surface area contributed by atoms with Crippen molar-refractivity contribution in [3.8, 4) is 0 Å². The van der Waals surface area contributed by atoms with Crippen LogP contribution in [-0.4, -0.2) is 0 Å². The summed E-state index contributed by atoms with van der Waals surface area (Å²) in [5.41, 5.74) is 1.97. The fourth-order valence-corrected chi connectivity index (χ4v) is 3.65. The molecule has 1 aromatic heterocycles. The van der Waals surface area contributed by atoms with E-state index < -0.39 is 0 Å². The molecule has 1 unspecified atom stereocenters. The Kier molecular flexibility index (Phi) is 4.30. The van der Waals surface area contributed by atoms with Gasteiger partial charge in [0.2, 0.25) is 0 Å². The SMILES string of the molecule is Cc1ccsc1C(C)Nc1c(Cl)cc(F)cc1Br. The predicted molar refractivity (Wildman–Crippen MR) is 80.2 cm³/mol. The van der Waals surface area contributed by atoms with Crippen molar-refractivity contribution in [2.45, 2.75) is 19.9 Å². The van der Waals surface area contributed by atoms with Crippen molar-refractivity contribution in [2.24, 2.45) is 0 Å². The third-order valence-electron chi connectivity index (χ3n) is 2.66. The van der Waals surface area contributed by atoms with Gasteiger partial charge in [0.1, 0.15) is 5.82 Å². The Morgan fingerprint density at radius 2 is 2.17 bits per heavy atom. The van der Waals surface area contributed by atoms with E-state index in [0.717, 1.165) is 5.69 Å². The van der Waals surface area contributed by atoms with Crippen LogP contribution in [0.4, 0.5) is 10.1 Å². The van der Waals surface area contributed by atoms with Crippen LogP contribution in [0.5, 0.6) is 0 Å². The van der Waals surface area contributed by atoms with Gasteiger partial charge >= 0.3 is 0 Å². The molecule has 1 atom stereocenters. The van der Waals surface area contributed by atoms with Gasteiger partial charge in [0.25, 0.3) is 0 Å². The highest BCUT2D eigenvalue weighted by Gasteiger charge is 2.14. The number of hydrogen-bond donors (Lipinski definition) is 1. The number of thiophene rings is 1. The molecule has 5 heteroatoms. The maximum Gasteiger partial charge on any atom is 0.125 e. The standard InChI is InChI=1S/C13H12BrClFNS/c1-7-3-4-18-13(7)8(2)17-12-10(14)5-9(16)6-11(12)15/h3-6,8,17H,1-2H3. The fraction of sp³-hybridized carbons (Fsp3) is 0.231. The van der Waals surface area contributed by atoms with E-state index in [9.17, 15) is 4.39 Å². The number of hydrogen-bond acceptors (Lipinski definition) is 2. The normalized spacial score (nSPS) is 12.5. The third kappa shape index (κ3) is 2.87. The molecule has 0 spiro atoms. The van der Waals surface area contributed by atoms with Gasteiger partial charge in [0, 0.05) is 9.35 Å². The van der Waals surface area contributed by atoms with Crippen LogP contribution in [0.1, 0.15) is 23.4 Å². The fourth-order valence-electron chi connectivity index (χ4n) is 1.79. The molecule has 0 fully saturated rings. The summed E-state index contributed by atoms with van der Waals surface area (Å²) in [5, 5.41) is 5.75. The number of nitrogens with one attached hydrogen (secondary N) is 1. The zero-order valence-corrected chi connectivity index (χ0v) is 13.1. The highest BCUT2D eigenvalue weighted by molar-refractivity contribution is 9.10. The molecular formula is C13H12BrClFNS. The zero-order chi connectivity index (χ0) is 13.3. The molecule has 96 valence electrons. The molecule has 18 heavy (non-hydrogen) atoms. The van der Waals surface area contributed by atoms with Crippen LogP contribution in [-0.2, 0) is 0 Å². The molecule has 1 N–H and O–H groups in total. The van der Waals surface area contributed by atoms with Gasteiger partial charge in [-0.05, 0) is 58.9 Å². The minimum absolute atomic E-state index is 0.129. The molecular weight excluding hydrogens is 337 g/mol. The molecule has 1 nitrogen and oxygen atoms in total. The van der Waals surface area contributed by atoms with Gasteiger partial charge in [-0.25, -0.2) is 4.39 Å². The van der Waals surface area contributed by atoms with E-state index in [1.165, 1.54) is 22.6 Å². The van der Waals surface area contributed by atoms with Crippen molar-refractivity contribution in [1.82, 2.24) is 0 Å². The van der Waals surface area contributed by atoms with E-state index in [1.54, 1.807) is 11.3 Å². The minimum Gasteiger partial charge on any atom is -0.376 e. The molecule has 0 aliphatic carbocycles. The van der Waals surface area contributed by atoms with Crippen molar-refractivity contribution in [1.29, 1.82) is 0 Å². The second-order valence-electron chi connectivity index (χ2n) is 4.08. The molecule has 0 radical (unpaired) electrons. The van der Waals surface area contributed by atoms with Gasteiger partial charge in [-0.3, -0.25) is 0 Å². The maximum atomic E-state index is 13.1. The first-order chi connectivity index (χ1) is 8.49. The van der Waals surface area contributed by atoms with Crippen LogP contribution in [0.15, 0.2) is 28.1 Å². The third-order valence-corrected chi connectivity index (χ3v) is 4.79. The molecule has 0 amide bonds. The Morgan fingerprint density at radius 3 is 2.72 bits per heavy atom. The lowest BCUT2D eigenvalue weighted by molar-refractivity contribution is 0.627. The summed E-state index contributed by atoms with van der Waals surface area (Å²) in [6.07, 6.45) is 0. The molecule has 0 aliphatic rings. The molecule has 1 aromatic carbocycles. The van der Waals surface area contributed by atoms with Crippen molar-refractivity contribution in [3.63, 3.8) is 0 Å². The number of rotatable bonds is 3. The lowest BCUT2D eigenvalue weighted by atomic mass is 10.2. The van der Waals surface area contributed by atoms with E-state index in [4.69, 9.17) is 11.6 Å². The number of aryl methyl sites for hydroxylation is 1. The molecule has 0 saturated carbocycles. The monoisotopic (exact) mass is 347 g/mol. The van der Waals surface area contributed by atoms with Gasteiger partial charge in [0.15, 0.2) is 0 Å². The second-order valence-corrected chi connectivity index (χ2v) is 6.29. The minimum atomic E-state index is -0.350. The average Bonchev–Trinajstić information content (AvgIpc) is 2.69. The van der Waals surface area contributed by atoms with E-state index in [2.05, 4.69) is 46.5 Å². The molecule has 1 heterocycles. The summed E-state index contributed by atoms with van der Waals surface area (Å²) in [7, 11) is 0. The smallest absolute Gasteiger partial charge is 0.125 e.